The Morgan fingerprint density at radius 2 is 2.26 bits per heavy atom. The number of carbonyl (C=O) groups is 2. The van der Waals surface area contributed by atoms with E-state index in [0.717, 1.165) is 36.3 Å². The summed E-state index contributed by atoms with van der Waals surface area (Å²) in [5.74, 6) is 2.33. The maximum absolute atomic E-state index is 13.3. The lowest BCUT2D eigenvalue weighted by Gasteiger charge is -2.30. The minimum Gasteiger partial charge on any atom is -0.340 e. The molecule has 1 aromatic rings. The van der Waals surface area contributed by atoms with E-state index in [1.165, 1.54) is 0 Å². The lowest BCUT2D eigenvalue weighted by atomic mass is 10.0. The first-order chi connectivity index (χ1) is 14.9. The second kappa shape index (κ2) is 12.7. The number of thiazole rings is 1. The van der Waals surface area contributed by atoms with Crippen LogP contribution in [0.15, 0.2) is 34.3 Å². The quantitative estimate of drug-likeness (QED) is 0.295. The van der Waals surface area contributed by atoms with Crippen LogP contribution in [-0.2, 0) is 9.59 Å². The molecular formula is C24H32ClN3O2S. The first kappa shape index (κ1) is 25.2. The van der Waals surface area contributed by atoms with Crippen LogP contribution in [-0.4, -0.2) is 34.3 Å². The Morgan fingerprint density at radius 1 is 1.48 bits per heavy atom. The molecule has 168 valence electrons. The van der Waals surface area contributed by atoms with Gasteiger partial charge in [-0.2, -0.15) is 0 Å². The van der Waals surface area contributed by atoms with E-state index in [1.807, 2.05) is 30.2 Å². The lowest BCUT2D eigenvalue weighted by molar-refractivity contribution is -0.137. The molecule has 2 amide bonds. The van der Waals surface area contributed by atoms with Gasteiger partial charge in [0, 0.05) is 35.7 Å². The van der Waals surface area contributed by atoms with Crippen molar-refractivity contribution in [3.8, 4) is 12.3 Å². The number of nitrogens with zero attached hydrogens (tertiary/aromatic N) is 2. The predicted octanol–water partition coefficient (Wildman–Crippen LogP) is 5.21. The van der Waals surface area contributed by atoms with Crippen molar-refractivity contribution in [2.45, 2.75) is 71.4 Å². The van der Waals surface area contributed by atoms with Gasteiger partial charge in [0.2, 0.25) is 11.8 Å². The van der Waals surface area contributed by atoms with Crippen LogP contribution in [0.4, 0.5) is 0 Å². The van der Waals surface area contributed by atoms with E-state index in [1.54, 1.807) is 30.0 Å². The van der Waals surface area contributed by atoms with Crippen molar-refractivity contribution in [1.29, 1.82) is 0 Å². The van der Waals surface area contributed by atoms with Gasteiger partial charge < -0.3 is 10.2 Å². The molecule has 5 nitrogen and oxygen atoms in total. The molecule has 0 radical (unpaired) electrons. The molecular weight excluding hydrogens is 430 g/mol. The van der Waals surface area contributed by atoms with Crippen LogP contribution in [0.3, 0.4) is 0 Å². The fourth-order valence-corrected chi connectivity index (χ4v) is 4.61. The number of carbonyl (C=O) groups excluding carboxylic acids is 2. The molecule has 2 heterocycles. The van der Waals surface area contributed by atoms with Gasteiger partial charge in [-0.05, 0) is 44.9 Å². The summed E-state index contributed by atoms with van der Waals surface area (Å²) in [6.07, 6.45) is 13.7. The molecule has 1 N–H and O–H groups in total. The van der Waals surface area contributed by atoms with Gasteiger partial charge in [0.15, 0.2) is 0 Å². The zero-order valence-corrected chi connectivity index (χ0v) is 20.1. The van der Waals surface area contributed by atoms with Gasteiger partial charge in [-0.25, -0.2) is 4.98 Å². The highest BCUT2D eigenvalue weighted by atomic mass is 35.5. The Labute approximate surface area is 195 Å². The van der Waals surface area contributed by atoms with Crippen molar-refractivity contribution in [3.63, 3.8) is 0 Å². The number of nitrogens with one attached hydrogen (secondary N) is 1. The fourth-order valence-electron chi connectivity index (χ4n) is 3.63. The summed E-state index contributed by atoms with van der Waals surface area (Å²) in [6.45, 7) is 6.36. The molecule has 1 aliphatic rings. The zero-order chi connectivity index (χ0) is 22.8. The SMILES string of the molecule is C#CCCC/C(=C\Cl)C/C=C(\C)C(=O)NC(C(=O)N1CCC[C@H]1c1nccs1)C(C)C. The average Bonchev–Trinajstić information content (AvgIpc) is 3.44. The molecule has 0 spiro atoms. The largest absolute Gasteiger partial charge is 0.340 e. The highest BCUT2D eigenvalue weighted by Crippen LogP contribution is 2.33. The summed E-state index contributed by atoms with van der Waals surface area (Å²) >= 11 is 7.48. The van der Waals surface area contributed by atoms with Crippen LogP contribution < -0.4 is 5.32 Å². The van der Waals surface area contributed by atoms with E-state index in [9.17, 15) is 9.59 Å². The molecule has 0 saturated carbocycles. The summed E-state index contributed by atoms with van der Waals surface area (Å²) in [5.41, 5.74) is 3.17. The predicted molar refractivity (Wildman–Crippen MR) is 128 cm³/mol. The van der Waals surface area contributed by atoms with Crippen molar-refractivity contribution < 1.29 is 9.59 Å². The molecule has 2 rings (SSSR count). The zero-order valence-electron chi connectivity index (χ0n) is 18.6. The number of amides is 2. The van der Waals surface area contributed by atoms with E-state index < -0.39 is 6.04 Å². The highest BCUT2D eigenvalue weighted by molar-refractivity contribution is 7.09. The average molecular weight is 462 g/mol. The Balaban J connectivity index is 2.02. The van der Waals surface area contributed by atoms with Gasteiger partial charge in [-0.1, -0.05) is 37.1 Å². The summed E-state index contributed by atoms with van der Waals surface area (Å²) in [4.78, 5) is 32.4. The lowest BCUT2D eigenvalue weighted by Crippen LogP contribution is -2.51. The van der Waals surface area contributed by atoms with Gasteiger partial charge >= 0.3 is 0 Å². The Morgan fingerprint density at radius 3 is 2.87 bits per heavy atom. The highest BCUT2D eigenvalue weighted by Gasteiger charge is 2.37. The number of rotatable bonds is 10. The topological polar surface area (TPSA) is 62.3 Å². The first-order valence-electron chi connectivity index (χ1n) is 10.8. The monoisotopic (exact) mass is 461 g/mol. The van der Waals surface area contributed by atoms with E-state index in [2.05, 4.69) is 16.2 Å². The third-order valence-electron chi connectivity index (χ3n) is 5.49. The van der Waals surface area contributed by atoms with E-state index in [4.69, 9.17) is 18.0 Å². The van der Waals surface area contributed by atoms with Crippen molar-refractivity contribution in [3.05, 3.63) is 39.3 Å². The molecule has 0 aliphatic carbocycles. The Bertz CT molecular complexity index is 840. The molecule has 7 heteroatoms. The minimum atomic E-state index is -0.574. The Kier molecular flexibility index (Phi) is 10.3. The van der Waals surface area contributed by atoms with E-state index >= 15 is 0 Å². The molecule has 1 unspecified atom stereocenters. The van der Waals surface area contributed by atoms with E-state index in [0.29, 0.717) is 25.0 Å². The fraction of sp³-hybridized carbons (Fsp3) is 0.542. The van der Waals surface area contributed by atoms with Gasteiger partial charge in [-0.3, -0.25) is 9.59 Å². The number of unbranched alkanes of at least 4 members (excludes halogenated alkanes) is 1. The normalized spacial score (nSPS) is 18.2. The molecule has 0 aromatic carbocycles. The molecule has 0 bridgehead atoms. The van der Waals surface area contributed by atoms with Crippen molar-refractivity contribution in [2.75, 3.05) is 6.54 Å². The van der Waals surface area contributed by atoms with Crippen molar-refractivity contribution >= 4 is 34.8 Å². The second-order valence-electron chi connectivity index (χ2n) is 8.17. The number of allylic oxidation sites excluding steroid dienone is 2. The Hall–Kier alpha value is -2.10. The number of likely N-dealkylation sites (tertiary alicyclic amines) is 1. The summed E-state index contributed by atoms with van der Waals surface area (Å²) in [6, 6.07) is -0.572. The molecule has 31 heavy (non-hydrogen) atoms. The number of hydrogen-bond acceptors (Lipinski definition) is 4. The molecule has 1 fully saturated rings. The van der Waals surface area contributed by atoms with Crippen LogP contribution in [0.2, 0.25) is 0 Å². The van der Waals surface area contributed by atoms with Crippen LogP contribution in [0, 0.1) is 18.3 Å². The van der Waals surface area contributed by atoms with Gasteiger partial charge in [0.25, 0.3) is 0 Å². The number of halogens is 1. The summed E-state index contributed by atoms with van der Waals surface area (Å²) in [5, 5.41) is 5.85. The van der Waals surface area contributed by atoms with Gasteiger partial charge in [0.05, 0.1) is 6.04 Å². The van der Waals surface area contributed by atoms with E-state index in [-0.39, 0.29) is 23.8 Å². The van der Waals surface area contributed by atoms with Crippen LogP contribution in [0.5, 0.6) is 0 Å². The standard InChI is InChI=1S/C24H32ClN3O2S/c1-5-6-7-9-19(16-25)12-11-18(4)22(29)27-21(17(2)3)24(30)28-14-8-10-20(28)23-26-13-15-31-23/h1,11,13,15-17,20-21H,6-10,12,14H2,2-4H3,(H,27,29)/b18-11+,19-16+/t20-,21?/m0/s1. The minimum absolute atomic E-state index is 0.00159. The maximum atomic E-state index is 13.3. The molecule has 1 aromatic heterocycles. The smallest absolute Gasteiger partial charge is 0.247 e. The number of aromatic nitrogens is 1. The number of hydrogen-bond donors (Lipinski definition) is 1. The number of terminal acetylenes is 1. The van der Waals surface area contributed by atoms with Crippen molar-refractivity contribution in [1.82, 2.24) is 15.2 Å². The third-order valence-corrected chi connectivity index (χ3v) is 6.68. The third kappa shape index (κ3) is 7.22. The first-order valence-corrected chi connectivity index (χ1v) is 12.1. The van der Waals surface area contributed by atoms with Crippen LogP contribution >= 0.6 is 22.9 Å². The molecule has 2 atom stereocenters. The van der Waals surface area contributed by atoms with Gasteiger partial charge in [-0.15, -0.1) is 23.7 Å². The molecule has 1 aliphatic heterocycles. The van der Waals surface area contributed by atoms with Crippen LogP contribution in [0.25, 0.3) is 0 Å². The van der Waals surface area contributed by atoms with Gasteiger partial charge in [0.1, 0.15) is 11.0 Å². The summed E-state index contributed by atoms with van der Waals surface area (Å²) < 4.78 is 0. The molecule has 1 saturated heterocycles. The van der Waals surface area contributed by atoms with Crippen LogP contribution in [0.1, 0.15) is 70.3 Å². The van der Waals surface area contributed by atoms with Crippen molar-refractivity contribution in [2.24, 2.45) is 5.92 Å². The summed E-state index contributed by atoms with van der Waals surface area (Å²) in [7, 11) is 0. The maximum Gasteiger partial charge on any atom is 0.247 e. The second-order valence-corrected chi connectivity index (χ2v) is 9.32.